The van der Waals surface area contributed by atoms with Crippen LogP contribution in [0.4, 0.5) is 0 Å². The van der Waals surface area contributed by atoms with E-state index in [1.165, 1.54) is 18.3 Å². The van der Waals surface area contributed by atoms with E-state index in [1.54, 1.807) is 25.1 Å². The number of imide groups is 1. The number of nitrogens with zero attached hydrogens (tertiary/aromatic N) is 2. The maximum Gasteiger partial charge on any atom is 0.280 e. The Kier molecular flexibility index (Phi) is 4.59. The average Bonchev–Trinajstić information content (AvgIpc) is 2.82. The Bertz CT molecular complexity index is 940. The number of carbonyl (C=O) groups is 2. The average molecular weight is 380 g/mol. The number of nitrogens with one attached hydrogen (secondary N) is 1. The molecule has 0 saturated carbocycles. The molecule has 2 aromatic rings. The van der Waals surface area contributed by atoms with Crippen LogP contribution in [0.1, 0.15) is 26.4 Å². The van der Waals surface area contributed by atoms with E-state index in [2.05, 4.69) is 9.71 Å². The van der Waals surface area contributed by atoms with Gasteiger partial charge in [-0.15, -0.1) is 0 Å². The Morgan fingerprint density at radius 2 is 1.92 bits per heavy atom. The zero-order valence-electron chi connectivity index (χ0n) is 13.2. The van der Waals surface area contributed by atoms with Gasteiger partial charge in [0.1, 0.15) is 5.69 Å². The largest absolute Gasteiger partial charge is 0.280 e. The molecule has 0 bridgehead atoms. The first-order valence-electron chi connectivity index (χ1n) is 7.39. The lowest BCUT2D eigenvalue weighted by Crippen LogP contribution is -2.38. The molecule has 25 heavy (non-hydrogen) atoms. The molecule has 1 aliphatic rings. The molecule has 1 N–H and O–H groups in total. The number of halogens is 1. The Labute approximate surface area is 149 Å². The SMILES string of the molecule is Cc1c(Cl)cccc1S(=O)(=O)NCCN1C(=O)c2cccnc2C1=O. The standard InChI is InChI=1S/C16H14ClN3O4S/c1-10-12(17)5-2-6-13(10)25(23,24)19-8-9-20-15(21)11-4-3-7-18-14(11)16(20)22/h2-7,19H,8-9H2,1H3. The summed E-state index contributed by atoms with van der Waals surface area (Å²) in [7, 11) is -3.81. The molecule has 0 saturated heterocycles. The van der Waals surface area contributed by atoms with Crippen molar-refractivity contribution in [1.29, 1.82) is 0 Å². The quantitative estimate of drug-likeness (QED) is 0.796. The molecule has 0 spiro atoms. The number of amides is 2. The lowest BCUT2D eigenvalue weighted by Gasteiger charge is -2.15. The number of sulfonamides is 1. The molecule has 1 aliphatic heterocycles. The lowest BCUT2D eigenvalue weighted by molar-refractivity contribution is 0.0655. The van der Waals surface area contributed by atoms with E-state index in [0.29, 0.717) is 10.6 Å². The van der Waals surface area contributed by atoms with Crippen molar-refractivity contribution in [3.63, 3.8) is 0 Å². The second-order valence-electron chi connectivity index (χ2n) is 5.42. The minimum Gasteiger partial charge on any atom is -0.272 e. The summed E-state index contributed by atoms with van der Waals surface area (Å²) in [6.45, 7) is 1.40. The maximum atomic E-state index is 12.4. The summed E-state index contributed by atoms with van der Waals surface area (Å²) in [6.07, 6.45) is 1.43. The van der Waals surface area contributed by atoms with Gasteiger partial charge >= 0.3 is 0 Å². The highest BCUT2D eigenvalue weighted by Crippen LogP contribution is 2.23. The summed E-state index contributed by atoms with van der Waals surface area (Å²) in [5.74, 6) is -1.01. The van der Waals surface area contributed by atoms with Gasteiger partial charge in [-0.3, -0.25) is 19.5 Å². The molecular formula is C16H14ClN3O4S. The van der Waals surface area contributed by atoms with Crippen LogP contribution >= 0.6 is 11.6 Å². The fourth-order valence-corrected chi connectivity index (χ4v) is 4.08. The van der Waals surface area contributed by atoms with E-state index in [9.17, 15) is 18.0 Å². The monoisotopic (exact) mass is 379 g/mol. The number of hydrogen-bond donors (Lipinski definition) is 1. The second-order valence-corrected chi connectivity index (χ2v) is 7.56. The Morgan fingerprint density at radius 1 is 1.16 bits per heavy atom. The topological polar surface area (TPSA) is 96.4 Å². The maximum absolute atomic E-state index is 12.4. The van der Waals surface area contributed by atoms with E-state index in [-0.39, 0.29) is 29.2 Å². The molecule has 0 radical (unpaired) electrons. The Balaban J connectivity index is 1.71. The van der Waals surface area contributed by atoms with E-state index in [0.717, 1.165) is 4.90 Å². The fraction of sp³-hybridized carbons (Fsp3) is 0.188. The molecule has 2 heterocycles. The van der Waals surface area contributed by atoms with Crippen LogP contribution in [0.15, 0.2) is 41.4 Å². The van der Waals surface area contributed by atoms with Crippen molar-refractivity contribution in [2.45, 2.75) is 11.8 Å². The molecule has 0 atom stereocenters. The predicted molar refractivity (Wildman–Crippen MR) is 91.0 cm³/mol. The Hall–Kier alpha value is -2.29. The zero-order valence-corrected chi connectivity index (χ0v) is 14.8. The fourth-order valence-electron chi connectivity index (χ4n) is 2.57. The third-order valence-electron chi connectivity index (χ3n) is 3.87. The van der Waals surface area contributed by atoms with Crippen LogP contribution in [0.25, 0.3) is 0 Å². The summed E-state index contributed by atoms with van der Waals surface area (Å²) in [4.78, 5) is 29.3. The van der Waals surface area contributed by atoms with Crippen molar-refractivity contribution < 1.29 is 18.0 Å². The van der Waals surface area contributed by atoms with Gasteiger partial charge in [0.15, 0.2) is 0 Å². The van der Waals surface area contributed by atoms with E-state index < -0.39 is 21.8 Å². The van der Waals surface area contributed by atoms with Gasteiger partial charge < -0.3 is 0 Å². The third kappa shape index (κ3) is 3.15. The number of rotatable bonds is 5. The van der Waals surface area contributed by atoms with Crippen molar-refractivity contribution in [2.24, 2.45) is 0 Å². The smallest absolute Gasteiger partial charge is 0.272 e. The minimum absolute atomic E-state index is 0.0593. The van der Waals surface area contributed by atoms with Crippen molar-refractivity contribution in [2.75, 3.05) is 13.1 Å². The second kappa shape index (κ2) is 6.55. The minimum atomic E-state index is -3.81. The van der Waals surface area contributed by atoms with E-state index in [1.807, 2.05) is 0 Å². The van der Waals surface area contributed by atoms with Gasteiger partial charge in [-0.05, 0) is 36.8 Å². The number of fused-ring (bicyclic) bond motifs is 1. The number of aromatic nitrogens is 1. The molecule has 1 aromatic carbocycles. The summed E-state index contributed by atoms with van der Waals surface area (Å²) in [5.41, 5.74) is 0.740. The highest BCUT2D eigenvalue weighted by Gasteiger charge is 2.36. The van der Waals surface area contributed by atoms with Gasteiger partial charge in [-0.2, -0.15) is 0 Å². The number of hydrogen-bond acceptors (Lipinski definition) is 5. The molecule has 0 aliphatic carbocycles. The number of benzene rings is 1. The van der Waals surface area contributed by atoms with Gasteiger partial charge in [0.05, 0.1) is 10.5 Å². The first kappa shape index (κ1) is 17.5. The summed E-state index contributed by atoms with van der Waals surface area (Å²) in [6, 6.07) is 7.66. The van der Waals surface area contributed by atoms with Gasteiger partial charge in [0.25, 0.3) is 11.8 Å². The highest BCUT2D eigenvalue weighted by molar-refractivity contribution is 7.89. The summed E-state index contributed by atoms with van der Waals surface area (Å²) in [5, 5.41) is 0.342. The molecule has 3 rings (SSSR count). The van der Waals surface area contributed by atoms with Crippen LogP contribution in [0.5, 0.6) is 0 Å². The zero-order chi connectivity index (χ0) is 18.2. The van der Waals surface area contributed by atoms with Gasteiger partial charge in [-0.25, -0.2) is 13.1 Å². The van der Waals surface area contributed by atoms with Crippen molar-refractivity contribution >= 4 is 33.4 Å². The third-order valence-corrected chi connectivity index (χ3v) is 5.88. The van der Waals surface area contributed by atoms with Crippen molar-refractivity contribution in [3.8, 4) is 0 Å². The molecule has 1 aromatic heterocycles. The van der Waals surface area contributed by atoms with Gasteiger partial charge in [0, 0.05) is 24.3 Å². The van der Waals surface area contributed by atoms with Crippen LogP contribution in [-0.2, 0) is 10.0 Å². The van der Waals surface area contributed by atoms with Crippen LogP contribution in [0.2, 0.25) is 5.02 Å². The van der Waals surface area contributed by atoms with Crippen LogP contribution in [0.3, 0.4) is 0 Å². The van der Waals surface area contributed by atoms with Crippen molar-refractivity contribution in [1.82, 2.24) is 14.6 Å². The summed E-state index contributed by atoms with van der Waals surface area (Å²) >= 11 is 5.95. The van der Waals surface area contributed by atoms with Gasteiger partial charge in [-0.1, -0.05) is 17.7 Å². The van der Waals surface area contributed by atoms with E-state index >= 15 is 0 Å². The number of carbonyl (C=O) groups excluding carboxylic acids is 2. The normalized spacial score (nSPS) is 14.1. The molecule has 0 unspecified atom stereocenters. The lowest BCUT2D eigenvalue weighted by atomic mass is 10.2. The molecule has 0 fully saturated rings. The van der Waals surface area contributed by atoms with Crippen LogP contribution in [0, 0.1) is 6.92 Å². The number of pyridine rings is 1. The molecular weight excluding hydrogens is 366 g/mol. The highest BCUT2D eigenvalue weighted by atomic mass is 35.5. The summed E-state index contributed by atoms with van der Waals surface area (Å²) < 4.78 is 27.2. The van der Waals surface area contributed by atoms with Crippen molar-refractivity contribution in [3.05, 3.63) is 58.4 Å². The molecule has 130 valence electrons. The molecule has 2 amide bonds. The van der Waals surface area contributed by atoms with E-state index in [4.69, 9.17) is 11.6 Å². The first-order chi connectivity index (χ1) is 11.8. The van der Waals surface area contributed by atoms with Crippen LogP contribution < -0.4 is 4.72 Å². The molecule has 7 nitrogen and oxygen atoms in total. The van der Waals surface area contributed by atoms with Crippen LogP contribution in [-0.4, -0.2) is 43.2 Å². The Morgan fingerprint density at radius 3 is 2.64 bits per heavy atom. The van der Waals surface area contributed by atoms with Gasteiger partial charge in [0.2, 0.25) is 10.0 Å². The predicted octanol–water partition coefficient (Wildman–Crippen LogP) is 1.62. The molecule has 9 heteroatoms. The first-order valence-corrected chi connectivity index (χ1v) is 9.25.